The Balaban J connectivity index is 1.43. The number of hydrogen-bond donors (Lipinski definition) is 2. The zero-order valence-electron chi connectivity index (χ0n) is 19.0. The number of nitrogens with two attached hydrogens (primary N) is 1. The molecule has 0 radical (unpaired) electrons. The van der Waals surface area contributed by atoms with Crippen LogP contribution in [0.2, 0.25) is 0 Å². The molecule has 0 spiro atoms. The maximum atomic E-state index is 13.2. The largest absolute Gasteiger partial charge is 0.456 e. The van der Waals surface area contributed by atoms with Crippen molar-refractivity contribution in [3.63, 3.8) is 0 Å². The molecule has 0 amide bonds. The van der Waals surface area contributed by atoms with E-state index in [1.165, 1.54) is 18.6 Å². The van der Waals surface area contributed by atoms with Crippen LogP contribution >= 0.6 is 11.3 Å². The summed E-state index contributed by atoms with van der Waals surface area (Å²) in [6.45, 7) is 1.96. The molecule has 3 aromatic rings. The minimum atomic E-state index is -4.56. The number of alkyl halides is 3. The van der Waals surface area contributed by atoms with E-state index >= 15 is 0 Å². The summed E-state index contributed by atoms with van der Waals surface area (Å²) < 4.78 is 70.1. The minimum Gasteiger partial charge on any atom is -0.456 e. The Labute approximate surface area is 209 Å². The predicted octanol–water partition coefficient (Wildman–Crippen LogP) is 4.02. The Bertz CT molecular complexity index is 1340. The number of nitrogens with one attached hydrogen (secondary N) is 1. The lowest BCUT2D eigenvalue weighted by Crippen LogP contribution is -2.22. The molecule has 14 heteroatoms. The van der Waals surface area contributed by atoms with Crippen molar-refractivity contribution in [1.82, 2.24) is 9.97 Å². The fourth-order valence-corrected chi connectivity index (χ4v) is 5.45. The van der Waals surface area contributed by atoms with E-state index in [1.807, 2.05) is 6.92 Å². The molecule has 3 aromatic heterocycles. The maximum absolute atomic E-state index is 13.2. The van der Waals surface area contributed by atoms with Crippen LogP contribution in [0.5, 0.6) is 0 Å². The molecular weight excluding hydrogens is 521 g/mol. The highest BCUT2D eigenvalue weighted by atomic mass is 32.2. The van der Waals surface area contributed by atoms with E-state index in [9.17, 15) is 26.4 Å². The van der Waals surface area contributed by atoms with E-state index < -0.39 is 22.2 Å². The van der Waals surface area contributed by atoms with Gasteiger partial charge in [0, 0.05) is 18.7 Å². The summed E-state index contributed by atoms with van der Waals surface area (Å²) in [5, 5.41) is 9.86. The van der Waals surface area contributed by atoms with E-state index in [2.05, 4.69) is 15.3 Å². The van der Waals surface area contributed by atoms with Crippen molar-refractivity contribution in [2.24, 2.45) is 17.0 Å². The fraction of sp³-hybridized carbons (Fsp3) is 0.409. The minimum absolute atomic E-state index is 0.0220. The zero-order valence-corrected chi connectivity index (χ0v) is 20.6. The topological polar surface area (TPSA) is 137 Å². The smallest absolute Gasteiger partial charge is 0.449 e. The van der Waals surface area contributed by atoms with Crippen molar-refractivity contribution in [1.29, 1.82) is 0 Å². The molecule has 0 bridgehead atoms. The third-order valence-electron chi connectivity index (χ3n) is 5.99. The van der Waals surface area contributed by atoms with Gasteiger partial charge in [-0.05, 0) is 53.8 Å². The molecule has 1 fully saturated rings. The van der Waals surface area contributed by atoms with Crippen molar-refractivity contribution in [2.75, 3.05) is 11.9 Å². The lowest BCUT2D eigenvalue weighted by atomic mass is 10.00. The second-order valence-corrected chi connectivity index (χ2v) is 10.8. The lowest BCUT2D eigenvalue weighted by Gasteiger charge is -2.15. The number of anilines is 1. The first kappa shape index (κ1) is 26.3. The third kappa shape index (κ3) is 6.49. The third-order valence-corrected chi connectivity index (χ3v) is 7.43. The Morgan fingerprint density at radius 1 is 1.33 bits per heavy atom. The lowest BCUT2D eigenvalue weighted by molar-refractivity contribution is -0.153. The molecule has 9 nitrogen and oxygen atoms in total. The Morgan fingerprint density at radius 2 is 2.11 bits per heavy atom. The van der Waals surface area contributed by atoms with Gasteiger partial charge in [0.2, 0.25) is 11.5 Å². The molecule has 36 heavy (non-hydrogen) atoms. The van der Waals surface area contributed by atoms with E-state index in [0.29, 0.717) is 29.1 Å². The first-order chi connectivity index (χ1) is 16.9. The number of furan rings is 1. The van der Waals surface area contributed by atoms with Gasteiger partial charge >= 0.3 is 16.5 Å². The van der Waals surface area contributed by atoms with Gasteiger partial charge in [0.1, 0.15) is 17.9 Å². The van der Waals surface area contributed by atoms with E-state index in [4.69, 9.17) is 13.7 Å². The average molecular weight is 545 g/mol. The van der Waals surface area contributed by atoms with Gasteiger partial charge in [0.15, 0.2) is 0 Å². The van der Waals surface area contributed by atoms with Crippen molar-refractivity contribution in [3.05, 3.63) is 63.6 Å². The van der Waals surface area contributed by atoms with Crippen LogP contribution in [-0.4, -0.2) is 36.8 Å². The molecule has 1 aliphatic rings. The van der Waals surface area contributed by atoms with Gasteiger partial charge < -0.3 is 9.73 Å². The highest BCUT2D eigenvalue weighted by molar-refractivity contribution is 7.84. The summed E-state index contributed by atoms with van der Waals surface area (Å²) in [4.78, 5) is 21.8. The Morgan fingerprint density at radius 3 is 2.81 bits per heavy atom. The summed E-state index contributed by atoms with van der Waals surface area (Å²) in [5.41, 5.74) is 0.889. The number of ketones is 1. The maximum Gasteiger partial charge on any atom is 0.449 e. The van der Waals surface area contributed by atoms with Gasteiger partial charge in [-0.2, -0.15) is 21.6 Å². The molecule has 3 N–H and O–H groups in total. The second-order valence-electron chi connectivity index (χ2n) is 8.70. The van der Waals surface area contributed by atoms with Crippen LogP contribution < -0.4 is 10.5 Å². The van der Waals surface area contributed by atoms with E-state index in [1.54, 1.807) is 11.4 Å². The van der Waals surface area contributed by atoms with Crippen LogP contribution in [0.25, 0.3) is 0 Å². The highest BCUT2D eigenvalue weighted by Gasteiger charge is 2.35. The van der Waals surface area contributed by atoms with Crippen LogP contribution in [-0.2, 0) is 27.1 Å². The fourth-order valence-electron chi connectivity index (χ4n) is 4.22. The van der Waals surface area contributed by atoms with Gasteiger partial charge in [-0.3, -0.25) is 8.98 Å². The highest BCUT2D eigenvalue weighted by Crippen LogP contribution is 2.35. The standard InChI is InChI=1S/C22H23F3N4O5S2/c1-12-4-15(7-14(12)9-33-36(26,31)32)29-21-17(8-27-11-28-21)20(30)18-6-13(10-35-18)5-16-2-3-19(34-16)22(23,24)25/h2-3,6,8,10-12,14-15H,4-5,7,9H2,1H3,(H2,26,31,32)(H,27,28,29)/t12-,14+,15-/m0/s1. The molecule has 0 unspecified atom stereocenters. The van der Waals surface area contributed by atoms with Crippen LogP contribution in [0.3, 0.4) is 0 Å². The van der Waals surface area contributed by atoms with Crippen LogP contribution in [0, 0.1) is 11.8 Å². The van der Waals surface area contributed by atoms with Crippen LogP contribution in [0.15, 0.2) is 40.5 Å². The Kier molecular flexibility index (Phi) is 7.50. The van der Waals surface area contributed by atoms with Crippen molar-refractivity contribution < 1.29 is 35.0 Å². The molecule has 1 aliphatic carbocycles. The van der Waals surface area contributed by atoms with Crippen molar-refractivity contribution in [3.8, 4) is 0 Å². The molecule has 194 valence electrons. The summed E-state index contributed by atoms with van der Waals surface area (Å²) in [5.74, 6) is -0.798. The number of hydrogen-bond acceptors (Lipinski definition) is 9. The van der Waals surface area contributed by atoms with Gasteiger partial charge in [0.05, 0.1) is 17.0 Å². The molecular formula is C22H23F3N4O5S2. The number of thiophene rings is 1. The number of nitrogens with zero attached hydrogens (tertiary/aromatic N) is 2. The number of carbonyl (C=O) groups excluding carboxylic acids is 1. The normalized spacial score (nSPS) is 20.5. The van der Waals surface area contributed by atoms with Gasteiger partial charge in [-0.1, -0.05) is 6.92 Å². The van der Waals surface area contributed by atoms with E-state index in [-0.39, 0.29) is 48.0 Å². The number of aromatic nitrogens is 2. The Hall–Kier alpha value is -2.81. The average Bonchev–Trinajstić information content (AvgIpc) is 3.52. The van der Waals surface area contributed by atoms with Crippen LogP contribution in [0.4, 0.5) is 19.0 Å². The summed E-state index contributed by atoms with van der Waals surface area (Å²) in [7, 11) is -4.02. The molecule has 0 saturated heterocycles. The summed E-state index contributed by atoms with van der Waals surface area (Å²) in [6.07, 6.45) is -0.425. The van der Waals surface area contributed by atoms with Crippen molar-refractivity contribution in [2.45, 2.75) is 38.4 Å². The van der Waals surface area contributed by atoms with Gasteiger partial charge in [-0.25, -0.2) is 15.1 Å². The molecule has 0 aromatic carbocycles. The van der Waals surface area contributed by atoms with Gasteiger partial charge in [0.25, 0.3) is 0 Å². The molecule has 1 saturated carbocycles. The first-order valence-corrected chi connectivity index (χ1v) is 13.3. The monoisotopic (exact) mass is 544 g/mol. The second kappa shape index (κ2) is 10.3. The number of rotatable bonds is 9. The molecule has 4 rings (SSSR count). The van der Waals surface area contributed by atoms with E-state index in [0.717, 1.165) is 17.4 Å². The molecule has 3 heterocycles. The number of halogens is 3. The zero-order chi connectivity index (χ0) is 26.1. The number of carbonyl (C=O) groups is 1. The van der Waals surface area contributed by atoms with Crippen molar-refractivity contribution >= 4 is 33.2 Å². The molecule has 0 aliphatic heterocycles. The van der Waals surface area contributed by atoms with Gasteiger partial charge in [-0.15, -0.1) is 11.3 Å². The summed E-state index contributed by atoms with van der Waals surface area (Å²) in [6, 6.07) is 3.68. The quantitative estimate of drug-likeness (QED) is 0.386. The predicted molar refractivity (Wildman–Crippen MR) is 125 cm³/mol. The molecule has 3 atom stereocenters. The summed E-state index contributed by atoms with van der Waals surface area (Å²) >= 11 is 1.16. The first-order valence-electron chi connectivity index (χ1n) is 10.9. The van der Waals surface area contributed by atoms with Crippen LogP contribution in [0.1, 0.15) is 52.1 Å². The SMILES string of the molecule is C[C@H]1C[C@H](Nc2ncncc2C(=O)c2cc(Cc3ccc(C(F)(F)F)o3)cs2)C[C@@H]1COS(N)(=O)=O.